The largest absolute Gasteiger partial charge is 0.313 e. The van der Waals surface area contributed by atoms with Crippen molar-refractivity contribution in [1.29, 1.82) is 5.41 Å². The van der Waals surface area contributed by atoms with E-state index in [9.17, 15) is 4.79 Å². The Labute approximate surface area is 36.7 Å². The number of hydrogen-bond donors (Lipinski definition) is 1. The van der Waals surface area contributed by atoms with Gasteiger partial charge in [0.15, 0.2) is 0 Å². The molecule has 0 rings (SSSR count). The highest BCUT2D eigenvalue weighted by Crippen LogP contribution is 1.73. The van der Waals surface area contributed by atoms with Crippen molar-refractivity contribution in [3.05, 3.63) is 0 Å². The van der Waals surface area contributed by atoms with Crippen LogP contribution >= 0.6 is 0 Å². The lowest BCUT2D eigenvalue weighted by molar-refractivity contribution is -0.107. The van der Waals surface area contributed by atoms with Gasteiger partial charge < -0.3 is 10.2 Å². The molecule has 0 saturated heterocycles. The van der Waals surface area contributed by atoms with Gasteiger partial charge in [-0.2, -0.15) is 0 Å². The van der Waals surface area contributed by atoms with E-state index in [1.54, 1.807) is 0 Å². The third-order valence-electron chi connectivity index (χ3n) is 0.429. The van der Waals surface area contributed by atoms with Gasteiger partial charge in [0, 0.05) is 6.42 Å². The van der Waals surface area contributed by atoms with Crippen molar-refractivity contribution in [2.24, 2.45) is 0 Å². The second-order valence-corrected chi connectivity index (χ2v) is 0.948. The van der Waals surface area contributed by atoms with Crippen molar-refractivity contribution in [1.82, 2.24) is 0 Å². The lowest BCUT2D eigenvalue weighted by Gasteiger charge is -1.71. The van der Waals surface area contributed by atoms with Crippen LogP contribution in [0.25, 0.3) is 0 Å². The van der Waals surface area contributed by atoms with Crippen LogP contribution in [-0.2, 0) is 4.79 Å². The summed E-state index contributed by atoms with van der Waals surface area (Å²) in [5, 5.41) is 6.42. The fraction of sp³-hybridized carbons (Fsp3) is 0.500. The van der Waals surface area contributed by atoms with Crippen molar-refractivity contribution in [3.63, 3.8) is 0 Å². The van der Waals surface area contributed by atoms with Crippen LogP contribution in [0.5, 0.6) is 0 Å². The van der Waals surface area contributed by atoms with Gasteiger partial charge in [-0.05, 0) is 12.6 Å². The minimum Gasteiger partial charge on any atom is -0.313 e. The first-order valence-electron chi connectivity index (χ1n) is 1.84. The van der Waals surface area contributed by atoms with Gasteiger partial charge in [-0.15, -0.1) is 0 Å². The maximum atomic E-state index is 9.46. The number of carbonyl (C=O) groups excluding carboxylic acids is 1. The van der Waals surface area contributed by atoms with E-state index in [1.165, 1.54) is 6.21 Å². The summed E-state index contributed by atoms with van der Waals surface area (Å²) in [5.74, 6) is 0. The van der Waals surface area contributed by atoms with Crippen molar-refractivity contribution < 1.29 is 4.79 Å². The Morgan fingerprint density at radius 1 is 1.50 bits per heavy atom. The minimum absolute atomic E-state index is 0.490. The van der Waals surface area contributed by atoms with Crippen LogP contribution in [0.1, 0.15) is 12.8 Å². The van der Waals surface area contributed by atoms with Gasteiger partial charge in [0.05, 0.1) is 0 Å². The zero-order chi connectivity index (χ0) is 4.83. The first kappa shape index (κ1) is 5.34. The molecule has 2 nitrogen and oxygen atoms in total. The maximum Gasteiger partial charge on any atom is 0.120 e. The standard InChI is InChI=1S/C4H7NO/c5-3-1-2-4-6/h3-5H,1-2H2. The highest BCUT2D eigenvalue weighted by Gasteiger charge is 1.71. The van der Waals surface area contributed by atoms with E-state index in [0.717, 1.165) is 6.29 Å². The van der Waals surface area contributed by atoms with Crippen LogP contribution in [0.15, 0.2) is 0 Å². The summed E-state index contributed by atoms with van der Waals surface area (Å²) in [5.41, 5.74) is 0. The lowest BCUT2D eigenvalue weighted by atomic mass is 10.4. The molecular weight excluding hydrogens is 78.0 g/mol. The van der Waals surface area contributed by atoms with Gasteiger partial charge >= 0.3 is 0 Å². The van der Waals surface area contributed by atoms with Gasteiger partial charge in [0.2, 0.25) is 0 Å². The summed E-state index contributed by atoms with van der Waals surface area (Å²) in [6.45, 7) is 0. The summed E-state index contributed by atoms with van der Waals surface area (Å²) in [6.07, 6.45) is 3.12. The maximum absolute atomic E-state index is 9.46. The Bertz CT molecular complexity index is 43.5. The molecule has 0 aromatic rings. The molecule has 0 aromatic carbocycles. The highest BCUT2D eigenvalue weighted by atomic mass is 16.1. The molecule has 0 aliphatic carbocycles. The molecule has 0 bridgehead atoms. The van der Waals surface area contributed by atoms with Crippen molar-refractivity contribution in [3.8, 4) is 0 Å². The summed E-state index contributed by atoms with van der Waals surface area (Å²) in [6, 6.07) is 0. The molecule has 0 radical (unpaired) electrons. The van der Waals surface area contributed by atoms with Gasteiger partial charge in [0.1, 0.15) is 6.29 Å². The number of carbonyl (C=O) groups is 1. The van der Waals surface area contributed by atoms with Crippen LogP contribution < -0.4 is 0 Å². The predicted molar refractivity (Wildman–Crippen MR) is 24.1 cm³/mol. The van der Waals surface area contributed by atoms with Crippen LogP contribution in [0.4, 0.5) is 0 Å². The molecule has 1 N–H and O–H groups in total. The van der Waals surface area contributed by atoms with Crippen LogP contribution in [0.3, 0.4) is 0 Å². The van der Waals surface area contributed by atoms with E-state index in [-0.39, 0.29) is 0 Å². The van der Waals surface area contributed by atoms with Crippen LogP contribution in [0, 0.1) is 5.41 Å². The third-order valence-corrected chi connectivity index (χ3v) is 0.429. The fourth-order valence-electron chi connectivity index (χ4n) is 0.151. The number of aldehydes is 1. The SMILES string of the molecule is N=CCCC=O. The first-order valence-corrected chi connectivity index (χ1v) is 1.84. The third kappa shape index (κ3) is 3.34. The molecule has 0 saturated carbocycles. The molecule has 0 spiro atoms. The molecule has 0 aliphatic rings. The zero-order valence-corrected chi connectivity index (χ0v) is 3.48. The predicted octanol–water partition coefficient (Wildman–Crippen LogP) is 0.615. The summed E-state index contributed by atoms with van der Waals surface area (Å²) >= 11 is 0. The number of nitrogens with one attached hydrogen (secondary N) is 1. The quantitative estimate of drug-likeness (QED) is 0.304. The summed E-state index contributed by atoms with van der Waals surface area (Å²) in [7, 11) is 0. The smallest absolute Gasteiger partial charge is 0.120 e. The Morgan fingerprint density at radius 2 is 2.17 bits per heavy atom. The van der Waals surface area contributed by atoms with E-state index in [2.05, 4.69) is 0 Å². The molecule has 0 unspecified atom stereocenters. The Hall–Kier alpha value is -0.660. The van der Waals surface area contributed by atoms with Gasteiger partial charge in [-0.3, -0.25) is 0 Å². The second-order valence-electron chi connectivity index (χ2n) is 0.948. The first-order chi connectivity index (χ1) is 2.91. The minimum atomic E-state index is 0.490. The normalized spacial score (nSPS) is 7.33. The van der Waals surface area contributed by atoms with Crippen LogP contribution in [0.2, 0.25) is 0 Å². The topological polar surface area (TPSA) is 40.9 Å². The number of unbranched alkanes of at least 4 members (excludes halogenated alkanes) is 1. The van der Waals surface area contributed by atoms with Crippen molar-refractivity contribution >= 4 is 12.5 Å². The molecule has 2 heteroatoms. The van der Waals surface area contributed by atoms with E-state index in [1.807, 2.05) is 0 Å². The van der Waals surface area contributed by atoms with E-state index in [0.29, 0.717) is 12.8 Å². The van der Waals surface area contributed by atoms with Crippen molar-refractivity contribution in [2.45, 2.75) is 12.8 Å². The summed E-state index contributed by atoms with van der Waals surface area (Å²) in [4.78, 5) is 9.46. The van der Waals surface area contributed by atoms with E-state index in [4.69, 9.17) is 5.41 Å². The molecule has 6 heavy (non-hydrogen) atoms. The van der Waals surface area contributed by atoms with Crippen LogP contribution in [-0.4, -0.2) is 12.5 Å². The molecule has 0 aromatic heterocycles. The molecule has 34 valence electrons. The number of hydrogen-bond acceptors (Lipinski definition) is 2. The molecule has 0 fully saturated rings. The molecule has 0 aliphatic heterocycles. The van der Waals surface area contributed by atoms with Crippen molar-refractivity contribution in [2.75, 3.05) is 0 Å². The highest BCUT2D eigenvalue weighted by molar-refractivity contribution is 5.60. The second kappa shape index (κ2) is 4.34. The van der Waals surface area contributed by atoms with Gasteiger partial charge in [0.25, 0.3) is 0 Å². The zero-order valence-electron chi connectivity index (χ0n) is 3.48. The average Bonchev–Trinajstić information content (AvgIpc) is 1.61. The average molecular weight is 85.1 g/mol. The molecule has 0 heterocycles. The molecule has 0 amide bonds. The van der Waals surface area contributed by atoms with E-state index >= 15 is 0 Å². The fourth-order valence-corrected chi connectivity index (χ4v) is 0.151. The lowest BCUT2D eigenvalue weighted by Crippen LogP contribution is -1.72. The van der Waals surface area contributed by atoms with Gasteiger partial charge in [-0.1, -0.05) is 0 Å². The Balaban J connectivity index is 2.66. The van der Waals surface area contributed by atoms with Gasteiger partial charge in [-0.25, -0.2) is 0 Å². The van der Waals surface area contributed by atoms with E-state index < -0.39 is 0 Å². The number of rotatable bonds is 3. The Morgan fingerprint density at radius 3 is 2.33 bits per heavy atom. The Kier molecular flexibility index (Phi) is 3.86. The summed E-state index contributed by atoms with van der Waals surface area (Å²) < 4.78 is 0. The monoisotopic (exact) mass is 85.1 g/mol. The molecule has 0 atom stereocenters. The molecular formula is C4H7NO.